The van der Waals surface area contributed by atoms with Crippen LogP contribution in [0, 0.1) is 5.92 Å². The highest BCUT2D eigenvalue weighted by molar-refractivity contribution is 5.75. The number of amides is 2. The molecule has 0 saturated carbocycles. The summed E-state index contributed by atoms with van der Waals surface area (Å²) in [4.78, 5) is 22.1. The Labute approximate surface area is 116 Å². The highest BCUT2D eigenvalue weighted by Crippen LogP contribution is 2.03. The van der Waals surface area contributed by atoms with Crippen molar-refractivity contribution in [3.05, 3.63) is 0 Å². The van der Waals surface area contributed by atoms with Gasteiger partial charge in [-0.15, -0.1) is 0 Å². The quantitative estimate of drug-likeness (QED) is 0.495. The van der Waals surface area contributed by atoms with Crippen LogP contribution in [0.15, 0.2) is 0 Å². The Morgan fingerprint density at radius 3 is 2.37 bits per heavy atom. The summed E-state index contributed by atoms with van der Waals surface area (Å²) in [5.74, 6) is 0.400. The van der Waals surface area contributed by atoms with E-state index in [4.69, 9.17) is 5.11 Å². The van der Waals surface area contributed by atoms with Crippen molar-refractivity contribution in [2.24, 2.45) is 5.92 Å². The SMILES string of the molecule is CC(=O)NCCCCCC(=O)NCCCC(C)CO. The van der Waals surface area contributed by atoms with Crippen LogP contribution in [0.25, 0.3) is 0 Å². The lowest BCUT2D eigenvalue weighted by atomic mass is 10.1. The average Bonchev–Trinajstić information content (AvgIpc) is 2.38. The molecule has 0 aromatic heterocycles. The van der Waals surface area contributed by atoms with Gasteiger partial charge in [-0.3, -0.25) is 9.59 Å². The van der Waals surface area contributed by atoms with Gasteiger partial charge in [0.25, 0.3) is 0 Å². The van der Waals surface area contributed by atoms with Crippen LogP contribution >= 0.6 is 0 Å². The fraction of sp³-hybridized carbons (Fsp3) is 0.857. The highest BCUT2D eigenvalue weighted by atomic mass is 16.3. The summed E-state index contributed by atoms with van der Waals surface area (Å²) < 4.78 is 0. The molecule has 5 heteroatoms. The summed E-state index contributed by atoms with van der Waals surface area (Å²) in [7, 11) is 0. The molecule has 19 heavy (non-hydrogen) atoms. The molecular weight excluding hydrogens is 244 g/mol. The molecule has 112 valence electrons. The van der Waals surface area contributed by atoms with Gasteiger partial charge in [-0.2, -0.15) is 0 Å². The summed E-state index contributed by atoms with van der Waals surface area (Å²) in [6, 6.07) is 0. The van der Waals surface area contributed by atoms with E-state index in [-0.39, 0.29) is 18.4 Å². The molecule has 3 N–H and O–H groups in total. The standard InChI is InChI=1S/C14H28N2O3/c1-12(11-17)7-6-10-16-14(19)8-4-3-5-9-15-13(2)18/h12,17H,3-11H2,1-2H3,(H,15,18)(H,16,19). The molecule has 0 rings (SSSR count). The number of hydrogen-bond acceptors (Lipinski definition) is 3. The third-order valence-electron chi connectivity index (χ3n) is 2.96. The first-order valence-corrected chi connectivity index (χ1v) is 7.18. The number of carbonyl (C=O) groups is 2. The molecule has 0 aliphatic rings. The molecule has 0 heterocycles. The van der Waals surface area contributed by atoms with E-state index in [9.17, 15) is 9.59 Å². The van der Waals surface area contributed by atoms with E-state index < -0.39 is 0 Å². The smallest absolute Gasteiger partial charge is 0.219 e. The predicted octanol–water partition coefficient (Wildman–Crippen LogP) is 1.21. The Morgan fingerprint density at radius 2 is 1.74 bits per heavy atom. The molecule has 0 aliphatic heterocycles. The maximum absolute atomic E-state index is 11.5. The first-order chi connectivity index (χ1) is 9.06. The van der Waals surface area contributed by atoms with Crippen molar-refractivity contribution in [1.29, 1.82) is 0 Å². The molecule has 0 aliphatic carbocycles. The van der Waals surface area contributed by atoms with Crippen LogP contribution < -0.4 is 10.6 Å². The molecule has 1 unspecified atom stereocenters. The van der Waals surface area contributed by atoms with Crippen LogP contribution in [0.1, 0.15) is 52.4 Å². The lowest BCUT2D eigenvalue weighted by molar-refractivity contribution is -0.121. The van der Waals surface area contributed by atoms with Crippen molar-refractivity contribution >= 4 is 11.8 Å². The molecule has 5 nitrogen and oxygen atoms in total. The van der Waals surface area contributed by atoms with Crippen molar-refractivity contribution in [2.75, 3.05) is 19.7 Å². The normalized spacial score (nSPS) is 11.9. The Morgan fingerprint density at radius 1 is 1.05 bits per heavy atom. The lowest BCUT2D eigenvalue weighted by Crippen LogP contribution is -2.24. The van der Waals surface area contributed by atoms with E-state index >= 15 is 0 Å². The molecule has 0 spiro atoms. The molecule has 0 aromatic carbocycles. The van der Waals surface area contributed by atoms with Gasteiger partial charge in [0.1, 0.15) is 0 Å². The third kappa shape index (κ3) is 13.1. The molecule has 0 aromatic rings. The summed E-state index contributed by atoms with van der Waals surface area (Å²) in [5.41, 5.74) is 0. The van der Waals surface area contributed by atoms with Crippen molar-refractivity contribution < 1.29 is 14.7 Å². The van der Waals surface area contributed by atoms with Gasteiger partial charge in [0.15, 0.2) is 0 Å². The van der Waals surface area contributed by atoms with Crippen LogP contribution in [0.4, 0.5) is 0 Å². The zero-order valence-electron chi connectivity index (χ0n) is 12.2. The number of aliphatic hydroxyl groups is 1. The number of nitrogens with one attached hydrogen (secondary N) is 2. The fourth-order valence-electron chi connectivity index (χ4n) is 1.71. The van der Waals surface area contributed by atoms with Gasteiger partial charge in [-0.1, -0.05) is 13.3 Å². The minimum atomic E-state index is -0.00477. The number of hydrogen-bond donors (Lipinski definition) is 3. The van der Waals surface area contributed by atoms with Crippen LogP contribution in [0.2, 0.25) is 0 Å². The zero-order chi connectivity index (χ0) is 14.5. The molecule has 0 bridgehead atoms. The van der Waals surface area contributed by atoms with Gasteiger partial charge >= 0.3 is 0 Å². The highest BCUT2D eigenvalue weighted by Gasteiger charge is 2.02. The molecule has 1 atom stereocenters. The number of aliphatic hydroxyl groups excluding tert-OH is 1. The third-order valence-corrected chi connectivity index (χ3v) is 2.96. The van der Waals surface area contributed by atoms with Crippen LogP contribution in [0.3, 0.4) is 0 Å². The van der Waals surface area contributed by atoms with Crippen LogP contribution in [-0.2, 0) is 9.59 Å². The topological polar surface area (TPSA) is 78.4 Å². The van der Waals surface area contributed by atoms with E-state index in [0.29, 0.717) is 25.4 Å². The second-order valence-corrected chi connectivity index (χ2v) is 5.07. The average molecular weight is 272 g/mol. The van der Waals surface area contributed by atoms with E-state index in [0.717, 1.165) is 32.1 Å². The second-order valence-electron chi connectivity index (χ2n) is 5.07. The van der Waals surface area contributed by atoms with E-state index in [1.54, 1.807) is 0 Å². The maximum atomic E-state index is 11.5. The Kier molecular flexibility index (Phi) is 11.3. The van der Waals surface area contributed by atoms with Gasteiger partial charge in [-0.25, -0.2) is 0 Å². The van der Waals surface area contributed by atoms with Crippen molar-refractivity contribution in [3.63, 3.8) is 0 Å². The molecular formula is C14H28N2O3. The Bertz CT molecular complexity index is 257. The summed E-state index contributed by atoms with van der Waals surface area (Å²) >= 11 is 0. The van der Waals surface area contributed by atoms with Crippen molar-refractivity contribution in [3.8, 4) is 0 Å². The molecule has 0 radical (unpaired) electrons. The first-order valence-electron chi connectivity index (χ1n) is 7.18. The predicted molar refractivity (Wildman–Crippen MR) is 75.6 cm³/mol. The molecule has 0 saturated heterocycles. The van der Waals surface area contributed by atoms with Crippen LogP contribution in [-0.4, -0.2) is 36.6 Å². The van der Waals surface area contributed by atoms with Crippen LogP contribution in [0.5, 0.6) is 0 Å². The maximum Gasteiger partial charge on any atom is 0.219 e. The number of rotatable bonds is 11. The second kappa shape index (κ2) is 12.0. The first kappa shape index (κ1) is 17.9. The molecule has 0 fully saturated rings. The number of unbranched alkanes of at least 4 members (excludes halogenated alkanes) is 2. The van der Waals surface area contributed by atoms with Crippen molar-refractivity contribution in [1.82, 2.24) is 10.6 Å². The van der Waals surface area contributed by atoms with Gasteiger partial charge < -0.3 is 15.7 Å². The molecule has 2 amide bonds. The minimum absolute atomic E-state index is 0.00477. The lowest BCUT2D eigenvalue weighted by Gasteiger charge is -2.08. The fourth-order valence-corrected chi connectivity index (χ4v) is 1.71. The van der Waals surface area contributed by atoms with Gasteiger partial charge in [0.05, 0.1) is 0 Å². The Balaban J connectivity index is 3.28. The zero-order valence-corrected chi connectivity index (χ0v) is 12.2. The van der Waals surface area contributed by atoms with Gasteiger partial charge in [0.2, 0.25) is 11.8 Å². The van der Waals surface area contributed by atoms with Crippen molar-refractivity contribution in [2.45, 2.75) is 52.4 Å². The van der Waals surface area contributed by atoms with Gasteiger partial charge in [0, 0.05) is 33.0 Å². The van der Waals surface area contributed by atoms with E-state index in [1.165, 1.54) is 6.92 Å². The van der Waals surface area contributed by atoms with Gasteiger partial charge in [-0.05, 0) is 31.6 Å². The minimum Gasteiger partial charge on any atom is -0.396 e. The summed E-state index contributed by atoms with van der Waals surface area (Å²) in [5, 5.41) is 14.5. The summed E-state index contributed by atoms with van der Waals surface area (Å²) in [6.45, 7) is 5.09. The Hall–Kier alpha value is -1.10. The summed E-state index contributed by atoms with van der Waals surface area (Å²) in [6.07, 6.45) is 5.13. The van der Waals surface area contributed by atoms with E-state index in [1.807, 2.05) is 6.92 Å². The monoisotopic (exact) mass is 272 g/mol. The largest absolute Gasteiger partial charge is 0.396 e. The number of carbonyl (C=O) groups excluding carboxylic acids is 2. The van der Waals surface area contributed by atoms with E-state index in [2.05, 4.69) is 10.6 Å².